The SMILES string of the molecule is N#Cc1ccc(N2CCCN(C(=O)NCC3COCCO3)CC2)cc1. The lowest BCUT2D eigenvalue weighted by atomic mass is 10.2. The average Bonchev–Trinajstić information content (AvgIpc) is 2.93. The molecule has 7 nitrogen and oxygen atoms in total. The smallest absolute Gasteiger partial charge is 0.317 e. The summed E-state index contributed by atoms with van der Waals surface area (Å²) < 4.78 is 10.9. The molecule has 0 radical (unpaired) electrons. The third-order valence-electron chi connectivity index (χ3n) is 4.51. The molecule has 0 spiro atoms. The average molecular weight is 344 g/mol. The van der Waals surface area contributed by atoms with Crippen LogP contribution in [0.15, 0.2) is 24.3 Å². The third-order valence-corrected chi connectivity index (χ3v) is 4.51. The van der Waals surface area contributed by atoms with Crippen molar-refractivity contribution in [2.75, 3.05) is 57.4 Å². The summed E-state index contributed by atoms with van der Waals surface area (Å²) in [6.45, 7) is 5.32. The number of rotatable bonds is 3. The Kier molecular flexibility index (Phi) is 6.09. The van der Waals surface area contributed by atoms with Gasteiger partial charge in [-0.05, 0) is 30.7 Å². The molecular formula is C18H24N4O3. The molecule has 2 amide bonds. The topological polar surface area (TPSA) is 77.8 Å². The largest absolute Gasteiger partial charge is 0.376 e. The summed E-state index contributed by atoms with van der Waals surface area (Å²) in [5.41, 5.74) is 1.75. The lowest BCUT2D eigenvalue weighted by Crippen LogP contribution is -2.46. The Morgan fingerprint density at radius 1 is 1.20 bits per heavy atom. The van der Waals surface area contributed by atoms with Crippen LogP contribution in [0.25, 0.3) is 0 Å². The van der Waals surface area contributed by atoms with E-state index in [1.165, 1.54) is 0 Å². The van der Waals surface area contributed by atoms with E-state index in [1.807, 2.05) is 29.2 Å². The minimum atomic E-state index is -0.0557. The Labute approximate surface area is 148 Å². The maximum Gasteiger partial charge on any atom is 0.317 e. The Morgan fingerprint density at radius 2 is 2.04 bits per heavy atom. The van der Waals surface area contributed by atoms with Crippen LogP contribution in [0.2, 0.25) is 0 Å². The summed E-state index contributed by atoms with van der Waals surface area (Å²) in [7, 11) is 0. The summed E-state index contributed by atoms with van der Waals surface area (Å²) in [6, 6.07) is 9.68. The van der Waals surface area contributed by atoms with Gasteiger partial charge in [-0.2, -0.15) is 5.26 Å². The minimum Gasteiger partial charge on any atom is -0.376 e. The van der Waals surface area contributed by atoms with Crippen LogP contribution in [0, 0.1) is 11.3 Å². The van der Waals surface area contributed by atoms with Gasteiger partial charge in [-0.3, -0.25) is 0 Å². The molecule has 1 aromatic carbocycles. The van der Waals surface area contributed by atoms with Crippen LogP contribution in [-0.4, -0.2) is 69.6 Å². The lowest BCUT2D eigenvalue weighted by molar-refractivity contribution is -0.0855. The normalized spacial score (nSPS) is 21.3. The Hall–Kier alpha value is -2.30. The van der Waals surface area contributed by atoms with Gasteiger partial charge in [-0.15, -0.1) is 0 Å². The molecule has 2 aliphatic heterocycles. The fourth-order valence-electron chi connectivity index (χ4n) is 3.09. The van der Waals surface area contributed by atoms with Crippen molar-refractivity contribution < 1.29 is 14.3 Å². The monoisotopic (exact) mass is 344 g/mol. The van der Waals surface area contributed by atoms with Crippen molar-refractivity contribution in [2.45, 2.75) is 12.5 Å². The first-order valence-corrected chi connectivity index (χ1v) is 8.73. The van der Waals surface area contributed by atoms with Crippen molar-refractivity contribution in [3.05, 3.63) is 29.8 Å². The standard InChI is InChI=1S/C18H24N4O3/c19-12-15-2-4-16(5-3-15)21-6-1-7-22(9-8-21)18(23)20-13-17-14-24-10-11-25-17/h2-5,17H,1,6-11,13-14H2,(H,20,23). The van der Waals surface area contributed by atoms with E-state index < -0.39 is 0 Å². The molecule has 2 aliphatic rings. The second-order valence-corrected chi connectivity index (χ2v) is 6.24. The number of hydrogen-bond donors (Lipinski definition) is 1. The predicted molar refractivity (Wildman–Crippen MR) is 93.5 cm³/mol. The fourth-order valence-corrected chi connectivity index (χ4v) is 3.09. The van der Waals surface area contributed by atoms with Gasteiger partial charge < -0.3 is 24.6 Å². The van der Waals surface area contributed by atoms with Crippen molar-refractivity contribution in [2.24, 2.45) is 0 Å². The Bertz CT molecular complexity index is 608. The zero-order chi connectivity index (χ0) is 17.5. The molecule has 7 heteroatoms. The van der Waals surface area contributed by atoms with Crippen molar-refractivity contribution >= 4 is 11.7 Å². The summed E-state index contributed by atoms with van der Waals surface area (Å²) in [5.74, 6) is 0. The molecule has 1 aromatic rings. The van der Waals surface area contributed by atoms with Gasteiger partial charge in [0.25, 0.3) is 0 Å². The van der Waals surface area contributed by atoms with Crippen molar-refractivity contribution in [1.82, 2.24) is 10.2 Å². The number of ether oxygens (including phenoxy) is 2. The first-order valence-electron chi connectivity index (χ1n) is 8.73. The maximum absolute atomic E-state index is 12.4. The molecule has 2 saturated heterocycles. The van der Waals surface area contributed by atoms with Gasteiger partial charge in [0.15, 0.2) is 0 Å². The van der Waals surface area contributed by atoms with Crippen LogP contribution >= 0.6 is 0 Å². The molecule has 1 N–H and O–H groups in total. The van der Waals surface area contributed by atoms with Crippen LogP contribution in [0.3, 0.4) is 0 Å². The molecule has 0 bridgehead atoms. The van der Waals surface area contributed by atoms with E-state index in [2.05, 4.69) is 16.3 Å². The van der Waals surface area contributed by atoms with Crippen molar-refractivity contribution in [3.8, 4) is 6.07 Å². The first-order chi connectivity index (χ1) is 12.3. The van der Waals surface area contributed by atoms with Crippen molar-refractivity contribution in [3.63, 3.8) is 0 Å². The van der Waals surface area contributed by atoms with E-state index in [0.29, 0.717) is 38.5 Å². The molecule has 1 atom stereocenters. The number of amides is 2. The lowest BCUT2D eigenvalue weighted by Gasteiger charge is -2.26. The van der Waals surface area contributed by atoms with E-state index in [9.17, 15) is 4.79 Å². The van der Waals surface area contributed by atoms with Gasteiger partial charge in [0, 0.05) is 38.4 Å². The van der Waals surface area contributed by atoms with Gasteiger partial charge in [-0.25, -0.2) is 4.79 Å². The van der Waals surface area contributed by atoms with E-state index in [-0.39, 0.29) is 12.1 Å². The summed E-state index contributed by atoms with van der Waals surface area (Å²) in [5, 5.41) is 11.8. The second-order valence-electron chi connectivity index (χ2n) is 6.24. The number of carbonyl (C=O) groups excluding carboxylic acids is 1. The highest BCUT2D eigenvalue weighted by atomic mass is 16.6. The Morgan fingerprint density at radius 3 is 2.76 bits per heavy atom. The van der Waals surface area contributed by atoms with Crippen LogP contribution < -0.4 is 10.2 Å². The molecule has 0 saturated carbocycles. The van der Waals surface area contributed by atoms with E-state index in [1.54, 1.807) is 0 Å². The highest BCUT2D eigenvalue weighted by Gasteiger charge is 2.21. The van der Waals surface area contributed by atoms with Crippen LogP contribution in [0.1, 0.15) is 12.0 Å². The summed E-state index contributed by atoms with van der Waals surface area (Å²) in [6.07, 6.45) is 0.857. The number of urea groups is 1. The second kappa shape index (κ2) is 8.70. The van der Waals surface area contributed by atoms with E-state index >= 15 is 0 Å². The first kappa shape index (κ1) is 17.5. The van der Waals surface area contributed by atoms with Crippen LogP contribution in [0.4, 0.5) is 10.5 Å². The number of benzene rings is 1. The number of anilines is 1. The fraction of sp³-hybridized carbons (Fsp3) is 0.556. The maximum atomic E-state index is 12.4. The highest BCUT2D eigenvalue weighted by Crippen LogP contribution is 2.17. The zero-order valence-electron chi connectivity index (χ0n) is 14.3. The summed E-state index contributed by atoms with van der Waals surface area (Å²) in [4.78, 5) is 16.5. The molecule has 0 aromatic heterocycles. The third kappa shape index (κ3) is 4.84. The van der Waals surface area contributed by atoms with Gasteiger partial charge in [0.2, 0.25) is 0 Å². The molecular weight excluding hydrogens is 320 g/mol. The summed E-state index contributed by atoms with van der Waals surface area (Å²) >= 11 is 0. The van der Waals surface area contributed by atoms with Gasteiger partial charge >= 0.3 is 6.03 Å². The highest BCUT2D eigenvalue weighted by molar-refractivity contribution is 5.74. The molecule has 134 valence electrons. The predicted octanol–water partition coefficient (Wildman–Crippen LogP) is 1.20. The molecule has 0 aliphatic carbocycles. The molecule has 2 heterocycles. The van der Waals surface area contributed by atoms with E-state index in [4.69, 9.17) is 14.7 Å². The number of nitrogens with zero attached hydrogens (tertiary/aromatic N) is 3. The number of nitrogens with one attached hydrogen (secondary N) is 1. The van der Waals surface area contributed by atoms with Gasteiger partial charge in [0.1, 0.15) is 0 Å². The van der Waals surface area contributed by atoms with Crippen LogP contribution in [0.5, 0.6) is 0 Å². The molecule has 1 unspecified atom stereocenters. The van der Waals surface area contributed by atoms with Gasteiger partial charge in [0.05, 0.1) is 37.6 Å². The molecule has 2 fully saturated rings. The quantitative estimate of drug-likeness (QED) is 0.891. The van der Waals surface area contributed by atoms with Crippen LogP contribution in [-0.2, 0) is 9.47 Å². The van der Waals surface area contributed by atoms with E-state index in [0.717, 1.165) is 31.7 Å². The minimum absolute atomic E-state index is 0.0455. The number of hydrogen-bond acceptors (Lipinski definition) is 5. The van der Waals surface area contributed by atoms with Gasteiger partial charge in [-0.1, -0.05) is 0 Å². The number of nitriles is 1. The number of carbonyl (C=O) groups is 1. The van der Waals surface area contributed by atoms with Crippen molar-refractivity contribution in [1.29, 1.82) is 5.26 Å². The molecule has 3 rings (SSSR count). The molecule has 25 heavy (non-hydrogen) atoms. The zero-order valence-corrected chi connectivity index (χ0v) is 14.3. The Balaban J connectivity index is 1.48.